The summed E-state index contributed by atoms with van der Waals surface area (Å²) in [6.07, 6.45) is 1.22. The molecular formula is C12H7BrClFN2O2. The molecule has 0 saturated carbocycles. The van der Waals surface area contributed by atoms with E-state index in [1.54, 1.807) is 6.07 Å². The van der Waals surface area contributed by atoms with E-state index in [9.17, 15) is 9.18 Å². The summed E-state index contributed by atoms with van der Waals surface area (Å²) in [6, 6.07) is 5.71. The number of rotatable bonds is 3. The standard InChI is InChI=1S/C12H7BrClFN2O2/c13-8-2-1-6(3-10(8)15)17-11-4-7(12(18)19)9(14)5-16-11/h1-5H,(H,16,17)(H,18,19). The quantitative estimate of drug-likeness (QED) is 0.880. The van der Waals surface area contributed by atoms with Crippen LogP contribution < -0.4 is 5.32 Å². The first kappa shape index (κ1) is 13.8. The van der Waals surface area contributed by atoms with Crippen molar-refractivity contribution in [2.45, 2.75) is 0 Å². The molecule has 0 amide bonds. The lowest BCUT2D eigenvalue weighted by Crippen LogP contribution is -2.01. The zero-order chi connectivity index (χ0) is 14.0. The van der Waals surface area contributed by atoms with Gasteiger partial charge in [-0.2, -0.15) is 0 Å². The number of pyridine rings is 1. The summed E-state index contributed by atoms with van der Waals surface area (Å²) < 4.78 is 13.7. The fourth-order valence-electron chi connectivity index (χ4n) is 1.39. The van der Waals surface area contributed by atoms with Crippen LogP contribution in [0.2, 0.25) is 5.02 Å². The van der Waals surface area contributed by atoms with Crippen LogP contribution in [0.1, 0.15) is 10.4 Å². The Labute approximate surface area is 121 Å². The van der Waals surface area contributed by atoms with Crippen LogP contribution in [0, 0.1) is 5.82 Å². The van der Waals surface area contributed by atoms with E-state index in [1.807, 2.05) is 0 Å². The molecule has 0 unspecified atom stereocenters. The molecule has 98 valence electrons. The van der Waals surface area contributed by atoms with Crippen LogP contribution in [-0.2, 0) is 0 Å². The van der Waals surface area contributed by atoms with Crippen molar-refractivity contribution in [1.29, 1.82) is 0 Å². The molecular weight excluding hydrogens is 338 g/mol. The van der Waals surface area contributed by atoms with Crippen molar-refractivity contribution in [3.8, 4) is 0 Å². The smallest absolute Gasteiger partial charge is 0.337 e. The maximum Gasteiger partial charge on any atom is 0.337 e. The number of halogens is 3. The first-order valence-electron chi connectivity index (χ1n) is 5.08. The molecule has 0 saturated heterocycles. The summed E-state index contributed by atoms with van der Waals surface area (Å²) in [4.78, 5) is 14.8. The van der Waals surface area contributed by atoms with Crippen molar-refractivity contribution >= 4 is 45.0 Å². The number of anilines is 2. The zero-order valence-corrected chi connectivity index (χ0v) is 11.7. The molecule has 4 nitrogen and oxygen atoms in total. The van der Waals surface area contributed by atoms with Gasteiger partial charge in [0.25, 0.3) is 0 Å². The molecule has 7 heteroatoms. The van der Waals surface area contributed by atoms with Crippen molar-refractivity contribution < 1.29 is 14.3 Å². The van der Waals surface area contributed by atoms with Crippen LogP contribution in [0.3, 0.4) is 0 Å². The molecule has 1 aromatic carbocycles. The summed E-state index contributed by atoms with van der Waals surface area (Å²) >= 11 is 8.74. The summed E-state index contributed by atoms with van der Waals surface area (Å²) in [5.74, 6) is -1.32. The van der Waals surface area contributed by atoms with E-state index in [0.717, 1.165) is 0 Å². The predicted octanol–water partition coefficient (Wildman–Crippen LogP) is 4.08. The van der Waals surface area contributed by atoms with Crippen LogP contribution in [0.4, 0.5) is 15.9 Å². The van der Waals surface area contributed by atoms with E-state index in [4.69, 9.17) is 16.7 Å². The Morgan fingerprint density at radius 2 is 2.16 bits per heavy atom. The van der Waals surface area contributed by atoms with Crippen molar-refractivity contribution in [2.24, 2.45) is 0 Å². The summed E-state index contributed by atoms with van der Waals surface area (Å²) in [5, 5.41) is 11.8. The second-order valence-electron chi connectivity index (χ2n) is 3.61. The summed E-state index contributed by atoms with van der Waals surface area (Å²) in [5.41, 5.74) is 0.378. The van der Waals surface area contributed by atoms with Crippen molar-refractivity contribution in [2.75, 3.05) is 5.32 Å². The molecule has 1 heterocycles. The number of hydrogen-bond donors (Lipinski definition) is 2. The van der Waals surface area contributed by atoms with Gasteiger partial charge in [0.2, 0.25) is 0 Å². The molecule has 1 aromatic heterocycles. The van der Waals surface area contributed by atoms with E-state index in [2.05, 4.69) is 26.2 Å². The minimum Gasteiger partial charge on any atom is -0.478 e. The molecule has 2 aromatic rings. The Morgan fingerprint density at radius 1 is 1.42 bits per heavy atom. The van der Waals surface area contributed by atoms with Crippen molar-refractivity contribution in [3.05, 3.63) is 51.3 Å². The van der Waals surface area contributed by atoms with E-state index in [-0.39, 0.29) is 16.4 Å². The SMILES string of the molecule is O=C(O)c1cc(Nc2ccc(Br)c(F)c2)ncc1Cl. The van der Waals surface area contributed by atoms with Gasteiger partial charge in [-0.3, -0.25) is 0 Å². The first-order chi connectivity index (χ1) is 8.97. The largest absolute Gasteiger partial charge is 0.478 e. The van der Waals surface area contributed by atoms with Crippen LogP contribution in [0.15, 0.2) is 34.9 Å². The van der Waals surface area contributed by atoms with Gasteiger partial charge >= 0.3 is 5.97 Å². The maximum atomic E-state index is 13.3. The van der Waals surface area contributed by atoms with Gasteiger partial charge in [0.05, 0.1) is 15.1 Å². The molecule has 0 spiro atoms. The fraction of sp³-hybridized carbons (Fsp3) is 0. The minimum absolute atomic E-state index is 0.0417. The average Bonchev–Trinajstić information content (AvgIpc) is 2.36. The van der Waals surface area contributed by atoms with Gasteiger partial charge in [0, 0.05) is 11.9 Å². The fourth-order valence-corrected chi connectivity index (χ4v) is 1.82. The second kappa shape index (κ2) is 5.54. The zero-order valence-electron chi connectivity index (χ0n) is 9.32. The normalized spacial score (nSPS) is 10.3. The molecule has 19 heavy (non-hydrogen) atoms. The van der Waals surface area contributed by atoms with E-state index < -0.39 is 11.8 Å². The van der Waals surface area contributed by atoms with E-state index in [1.165, 1.54) is 24.4 Å². The van der Waals surface area contributed by atoms with Crippen molar-refractivity contribution in [1.82, 2.24) is 4.98 Å². The maximum absolute atomic E-state index is 13.3. The lowest BCUT2D eigenvalue weighted by Gasteiger charge is -2.07. The van der Waals surface area contributed by atoms with Crippen LogP contribution in [-0.4, -0.2) is 16.1 Å². The third kappa shape index (κ3) is 3.21. The van der Waals surface area contributed by atoms with Crippen molar-refractivity contribution in [3.63, 3.8) is 0 Å². The highest BCUT2D eigenvalue weighted by Gasteiger charge is 2.10. The van der Waals surface area contributed by atoms with E-state index >= 15 is 0 Å². The third-order valence-electron chi connectivity index (χ3n) is 2.28. The Bertz CT molecular complexity index is 652. The lowest BCUT2D eigenvalue weighted by molar-refractivity contribution is 0.0697. The van der Waals surface area contributed by atoms with Crippen LogP contribution in [0.25, 0.3) is 0 Å². The van der Waals surface area contributed by atoms with Gasteiger partial charge in [-0.15, -0.1) is 0 Å². The molecule has 2 rings (SSSR count). The van der Waals surface area contributed by atoms with Gasteiger partial charge in [-0.25, -0.2) is 14.2 Å². The monoisotopic (exact) mass is 344 g/mol. The highest BCUT2D eigenvalue weighted by molar-refractivity contribution is 9.10. The van der Waals surface area contributed by atoms with Gasteiger partial charge in [-0.05, 0) is 40.2 Å². The number of nitrogens with one attached hydrogen (secondary N) is 1. The third-order valence-corrected chi connectivity index (χ3v) is 3.22. The number of carboxylic acid groups (broad SMARTS) is 1. The number of aromatic nitrogens is 1. The van der Waals surface area contributed by atoms with Gasteiger partial charge in [-0.1, -0.05) is 11.6 Å². The Kier molecular flexibility index (Phi) is 4.01. The number of benzene rings is 1. The topological polar surface area (TPSA) is 62.2 Å². The molecule has 0 aliphatic carbocycles. The van der Waals surface area contributed by atoms with E-state index in [0.29, 0.717) is 10.2 Å². The molecule has 0 fully saturated rings. The Hall–Kier alpha value is -1.66. The van der Waals surface area contributed by atoms with Gasteiger partial charge < -0.3 is 10.4 Å². The molecule has 0 atom stereocenters. The molecule has 0 aliphatic heterocycles. The Morgan fingerprint density at radius 3 is 2.79 bits per heavy atom. The number of hydrogen-bond acceptors (Lipinski definition) is 3. The average molecular weight is 346 g/mol. The number of carbonyl (C=O) groups is 1. The number of nitrogens with zero attached hydrogens (tertiary/aromatic N) is 1. The molecule has 0 bridgehead atoms. The van der Waals surface area contributed by atoms with Crippen LogP contribution >= 0.6 is 27.5 Å². The van der Waals surface area contributed by atoms with Gasteiger partial charge in [0.15, 0.2) is 0 Å². The number of aromatic carboxylic acids is 1. The number of carboxylic acids is 1. The van der Waals surface area contributed by atoms with Gasteiger partial charge in [0.1, 0.15) is 11.6 Å². The minimum atomic E-state index is -1.16. The summed E-state index contributed by atoms with van der Waals surface area (Å²) in [7, 11) is 0. The summed E-state index contributed by atoms with van der Waals surface area (Å²) in [6.45, 7) is 0. The second-order valence-corrected chi connectivity index (χ2v) is 4.87. The predicted molar refractivity (Wildman–Crippen MR) is 73.6 cm³/mol. The molecule has 2 N–H and O–H groups in total. The lowest BCUT2D eigenvalue weighted by atomic mass is 10.2. The molecule has 0 aliphatic rings. The molecule has 0 radical (unpaired) electrons. The van der Waals surface area contributed by atoms with Crippen LogP contribution in [0.5, 0.6) is 0 Å². The highest BCUT2D eigenvalue weighted by Crippen LogP contribution is 2.23. The highest BCUT2D eigenvalue weighted by atomic mass is 79.9. The first-order valence-corrected chi connectivity index (χ1v) is 6.25. The Balaban J connectivity index is 2.30.